The number of carbonyl (C=O) groups excluding carboxylic acids is 1. The number of amides is 1. The Morgan fingerprint density at radius 2 is 1.75 bits per heavy atom. The Balaban J connectivity index is 1.60. The van der Waals surface area contributed by atoms with E-state index < -0.39 is 20.7 Å². The zero-order valence-corrected chi connectivity index (χ0v) is 18.1. The molecule has 3 aromatic carbocycles. The van der Waals surface area contributed by atoms with Crippen LogP contribution < -0.4 is 10.1 Å². The van der Waals surface area contributed by atoms with Gasteiger partial charge in [-0.3, -0.25) is 20.2 Å². The maximum absolute atomic E-state index is 12.8. The molecule has 0 spiro atoms. The monoisotopic (exact) mass is 469 g/mol. The van der Waals surface area contributed by atoms with Crippen molar-refractivity contribution in [3.8, 4) is 5.75 Å². The van der Waals surface area contributed by atoms with Crippen LogP contribution in [0.3, 0.4) is 0 Å². The lowest BCUT2D eigenvalue weighted by Gasteiger charge is -2.10. The molecule has 1 N–H and O–H groups in total. The fourth-order valence-corrected chi connectivity index (χ4v) is 5.46. The summed E-state index contributed by atoms with van der Waals surface area (Å²) in [5.41, 5.74) is 0.0618. The smallest absolute Gasteiger partial charge is 0.269 e. The average Bonchev–Trinajstić information content (AvgIpc) is 3.27. The number of methoxy groups -OCH3 is 1. The predicted octanol–water partition coefficient (Wildman–Crippen LogP) is 4.30. The summed E-state index contributed by atoms with van der Waals surface area (Å²) in [7, 11) is -2.49. The van der Waals surface area contributed by atoms with Gasteiger partial charge in [-0.2, -0.15) is 0 Å². The standard InChI is InChI=1S/C21H15N3O6S2/c1-30-18-11-14-5-3-2-4-13(14)10-17(18)20(25)23-21-22-12-19(31-21)32(28,29)16-8-6-15(7-9-16)24(26)27/h2-12H,1H3,(H,22,23,25). The number of anilines is 1. The van der Waals surface area contributed by atoms with E-state index in [4.69, 9.17) is 4.74 Å². The maximum atomic E-state index is 12.8. The van der Waals surface area contributed by atoms with Crippen molar-refractivity contribution in [1.82, 2.24) is 4.98 Å². The third kappa shape index (κ3) is 4.03. The average molecular weight is 470 g/mol. The molecule has 0 unspecified atom stereocenters. The fourth-order valence-electron chi connectivity index (χ4n) is 3.03. The van der Waals surface area contributed by atoms with Gasteiger partial charge in [0.05, 0.1) is 28.7 Å². The fraction of sp³-hybridized carbons (Fsp3) is 0.0476. The second-order valence-electron chi connectivity index (χ2n) is 6.59. The van der Waals surface area contributed by atoms with Gasteiger partial charge in [0.25, 0.3) is 11.6 Å². The highest BCUT2D eigenvalue weighted by molar-refractivity contribution is 7.93. The number of non-ortho nitro benzene ring substituents is 1. The van der Waals surface area contributed by atoms with Gasteiger partial charge in [0.1, 0.15) is 9.96 Å². The minimum absolute atomic E-state index is 0.0886. The third-order valence-corrected chi connectivity index (χ3v) is 7.78. The number of nitrogens with zero attached hydrogens (tertiary/aromatic N) is 2. The van der Waals surface area contributed by atoms with Crippen LogP contribution in [0.1, 0.15) is 10.4 Å². The van der Waals surface area contributed by atoms with Gasteiger partial charge in [-0.1, -0.05) is 35.6 Å². The van der Waals surface area contributed by atoms with E-state index in [2.05, 4.69) is 10.3 Å². The first-order valence-electron chi connectivity index (χ1n) is 9.13. The number of nitro benzene ring substituents is 1. The Labute approximate surface area is 186 Å². The highest BCUT2D eigenvalue weighted by Gasteiger charge is 2.23. The van der Waals surface area contributed by atoms with Gasteiger partial charge >= 0.3 is 0 Å². The number of ether oxygens (including phenoxy) is 1. The van der Waals surface area contributed by atoms with E-state index >= 15 is 0 Å². The second-order valence-corrected chi connectivity index (χ2v) is 9.80. The van der Waals surface area contributed by atoms with Crippen molar-refractivity contribution in [2.75, 3.05) is 12.4 Å². The first-order chi connectivity index (χ1) is 15.3. The summed E-state index contributed by atoms with van der Waals surface area (Å²) in [6.07, 6.45) is 1.13. The first-order valence-corrected chi connectivity index (χ1v) is 11.4. The number of hydrogen-bond donors (Lipinski definition) is 1. The van der Waals surface area contributed by atoms with Crippen LogP contribution in [0.4, 0.5) is 10.8 Å². The van der Waals surface area contributed by atoms with Crippen LogP contribution in [0.25, 0.3) is 10.8 Å². The number of aromatic nitrogens is 1. The number of nitro groups is 1. The van der Waals surface area contributed by atoms with E-state index in [0.717, 1.165) is 52.6 Å². The summed E-state index contributed by atoms with van der Waals surface area (Å²) in [4.78, 5) is 26.9. The van der Waals surface area contributed by atoms with Crippen molar-refractivity contribution >= 4 is 48.7 Å². The van der Waals surface area contributed by atoms with E-state index in [9.17, 15) is 23.3 Å². The van der Waals surface area contributed by atoms with Gasteiger partial charge in [-0.05, 0) is 35.0 Å². The first kappa shape index (κ1) is 21.4. The van der Waals surface area contributed by atoms with Crippen molar-refractivity contribution in [3.63, 3.8) is 0 Å². The topological polar surface area (TPSA) is 128 Å². The minimum atomic E-state index is -3.95. The molecular formula is C21H15N3O6S2. The molecular weight excluding hydrogens is 454 g/mol. The zero-order chi connectivity index (χ0) is 22.9. The SMILES string of the molecule is COc1cc2ccccc2cc1C(=O)Nc1ncc(S(=O)(=O)c2ccc([N+](=O)[O-])cc2)s1. The van der Waals surface area contributed by atoms with E-state index in [1.54, 1.807) is 12.1 Å². The number of sulfone groups is 1. The molecule has 1 amide bonds. The van der Waals surface area contributed by atoms with Crippen LogP contribution in [0.5, 0.6) is 5.75 Å². The molecule has 0 atom stereocenters. The number of nitrogens with one attached hydrogen (secondary N) is 1. The van der Waals surface area contributed by atoms with Gasteiger partial charge in [0.2, 0.25) is 9.84 Å². The summed E-state index contributed by atoms with van der Waals surface area (Å²) >= 11 is 0.780. The molecule has 0 radical (unpaired) electrons. The number of hydrogen-bond acceptors (Lipinski definition) is 8. The van der Waals surface area contributed by atoms with E-state index in [1.807, 2.05) is 24.3 Å². The van der Waals surface area contributed by atoms with Crippen LogP contribution in [0, 0.1) is 10.1 Å². The molecule has 11 heteroatoms. The van der Waals surface area contributed by atoms with E-state index in [0.29, 0.717) is 5.75 Å². The number of fused-ring (bicyclic) bond motifs is 1. The van der Waals surface area contributed by atoms with Crippen LogP contribution in [-0.2, 0) is 9.84 Å². The lowest BCUT2D eigenvalue weighted by molar-refractivity contribution is -0.384. The molecule has 0 saturated heterocycles. The van der Waals surface area contributed by atoms with Crippen LogP contribution in [0.2, 0.25) is 0 Å². The minimum Gasteiger partial charge on any atom is -0.496 e. The lowest BCUT2D eigenvalue weighted by atomic mass is 10.1. The largest absolute Gasteiger partial charge is 0.496 e. The number of benzene rings is 3. The van der Waals surface area contributed by atoms with Crippen molar-refractivity contribution in [2.24, 2.45) is 0 Å². The molecule has 32 heavy (non-hydrogen) atoms. The van der Waals surface area contributed by atoms with Crippen LogP contribution in [0.15, 0.2) is 76.0 Å². The molecule has 0 aliphatic heterocycles. The summed E-state index contributed by atoms with van der Waals surface area (Å²) < 4.78 is 30.8. The van der Waals surface area contributed by atoms with Gasteiger partial charge in [-0.15, -0.1) is 0 Å². The molecule has 9 nitrogen and oxygen atoms in total. The van der Waals surface area contributed by atoms with Crippen LogP contribution in [-0.4, -0.2) is 31.3 Å². The van der Waals surface area contributed by atoms with Crippen molar-refractivity contribution in [2.45, 2.75) is 9.10 Å². The summed E-state index contributed by atoms with van der Waals surface area (Å²) in [6, 6.07) is 15.5. The summed E-state index contributed by atoms with van der Waals surface area (Å²) in [6.45, 7) is 0. The highest BCUT2D eigenvalue weighted by Crippen LogP contribution is 2.31. The van der Waals surface area contributed by atoms with Crippen molar-refractivity contribution in [1.29, 1.82) is 0 Å². The highest BCUT2D eigenvalue weighted by atomic mass is 32.2. The Morgan fingerprint density at radius 3 is 2.38 bits per heavy atom. The number of carbonyl (C=O) groups is 1. The van der Waals surface area contributed by atoms with Gasteiger partial charge in [-0.25, -0.2) is 13.4 Å². The lowest BCUT2D eigenvalue weighted by Crippen LogP contribution is -2.13. The molecule has 0 fully saturated rings. The summed E-state index contributed by atoms with van der Waals surface area (Å²) in [5.74, 6) is -0.127. The number of rotatable bonds is 6. The molecule has 1 heterocycles. The molecule has 162 valence electrons. The number of thiazole rings is 1. The molecule has 0 saturated carbocycles. The van der Waals surface area contributed by atoms with E-state index in [-0.39, 0.29) is 25.5 Å². The van der Waals surface area contributed by atoms with Crippen LogP contribution >= 0.6 is 11.3 Å². The zero-order valence-electron chi connectivity index (χ0n) is 16.5. The normalized spacial score (nSPS) is 11.3. The second kappa shape index (κ2) is 8.36. The quantitative estimate of drug-likeness (QED) is 0.329. The Morgan fingerprint density at radius 1 is 1.09 bits per heavy atom. The molecule has 1 aromatic heterocycles. The molecule has 0 bridgehead atoms. The Kier molecular flexibility index (Phi) is 5.59. The van der Waals surface area contributed by atoms with Gasteiger partial charge < -0.3 is 4.74 Å². The third-order valence-electron chi connectivity index (χ3n) is 4.64. The molecule has 4 rings (SSSR count). The molecule has 4 aromatic rings. The maximum Gasteiger partial charge on any atom is 0.269 e. The summed E-state index contributed by atoms with van der Waals surface area (Å²) in [5, 5.41) is 15.2. The van der Waals surface area contributed by atoms with Crippen molar-refractivity contribution in [3.05, 3.63) is 82.5 Å². The van der Waals surface area contributed by atoms with Gasteiger partial charge in [0.15, 0.2) is 5.13 Å². The van der Waals surface area contributed by atoms with Gasteiger partial charge in [0, 0.05) is 12.1 Å². The predicted molar refractivity (Wildman–Crippen MR) is 119 cm³/mol. The molecule has 0 aliphatic carbocycles. The Bertz CT molecular complexity index is 1450. The van der Waals surface area contributed by atoms with E-state index in [1.165, 1.54) is 7.11 Å². The molecule has 0 aliphatic rings. The van der Waals surface area contributed by atoms with Crippen molar-refractivity contribution < 1.29 is 22.9 Å². The Hall–Kier alpha value is -3.83.